The van der Waals surface area contributed by atoms with Gasteiger partial charge in [-0.3, -0.25) is 9.59 Å². The van der Waals surface area contributed by atoms with E-state index in [0.29, 0.717) is 30.8 Å². The fraction of sp³-hybridized carbons (Fsp3) is 0.387. The predicted octanol–water partition coefficient (Wildman–Crippen LogP) is 5.12. The highest BCUT2D eigenvalue weighted by molar-refractivity contribution is 6.46. The molecule has 1 N–H and O–H groups in total. The quantitative estimate of drug-likeness (QED) is 0.199. The first-order valence-corrected chi connectivity index (χ1v) is 13.7. The molecule has 39 heavy (non-hydrogen) atoms. The summed E-state index contributed by atoms with van der Waals surface area (Å²) in [7, 11) is 0. The molecule has 1 aliphatic heterocycles. The highest BCUT2D eigenvalue weighted by Gasteiger charge is 2.46. The van der Waals surface area contributed by atoms with Crippen molar-refractivity contribution in [2.75, 3.05) is 32.8 Å². The van der Waals surface area contributed by atoms with Crippen LogP contribution < -0.4 is 4.74 Å². The van der Waals surface area contributed by atoms with Crippen molar-refractivity contribution in [3.05, 3.63) is 83.2 Å². The van der Waals surface area contributed by atoms with Crippen LogP contribution in [0.5, 0.6) is 5.75 Å². The Balaban J connectivity index is 1.74. The number of aliphatic hydroxyl groups excluding tert-OH is 1. The molecule has 0 radical (unpaired) electrons. The molecule has 0 aliphatic carbocycles. The zero-order valence-corrected chi connectivity index (χ0v) is 23.3. The van der Waals surface area contributed by atoms with Gasteiger partial charge in [0.15, 0.2) is 0 Å². The van der Waals surface area contributed by atoms with Crippen molar-refractivity contribution in [2.45, 2.75) is 46.6 Å². The van der Waals surface area contributed by atoms with Crippen LogP contribution in [0.4, 0.5) is 0 Å². The van der Waals surface area contributed by atoms with Crippen LogP contribution in [0.1, 0.15) is 56.5 Å². The molecule has 1 unspecified atom stereocenters. The predicted molar refractivity (Wildman–Crippen MR) is 152 cm³/mol. The molecular formula is C31H38N4O4. The van der Waals surface area contributed by atoms with Crippen molar-refractivity contribution >= 4 is 17.4 Å². The van der Waals surface area contributed by atoms with Crippen LogP contribution in [0.3, 0.4) is 0 Å². The van der Waals surface area contributed by atoms with Crippen molar-refractivity contribution in [1.82, 2.24) is 19.6 Å². The van der Waals surface area contributed by atoms with E-state index in [-0.39, 0.29) is 11.3 Å². The molecule has 1 aliphatic rings. The summed E-state index contributed by atoms with van der Waals surface area (Å²) in [5, 5.41) is 16.0. The summed E-state index contributed by atoms with van der Waals surface area (Å²) in [5.41, 5.74) is 2.77. The average Bonchev–Trinajstić information content (AvgIpc) is 3.47. The Labute approximate surface area is 230 Å². The molecule has 0 saturated carbocycles. The van der Waals surface area contributed by atoms with Crippen LogP contribution in [0.25, 0.3) is 11.4 Å². The first-order valence-electron chi connectivity index (χ1n) is 13.7. The number of carbonyl (C=O) groups excluding carboxylic acids is 2. The van der Waals surface area contributed by atoms with Crippen LogP contribution in [0.15, 0.2) is 66.4 Å². The normalized spacial score (nSPS) is 16.8. The summed E-state index contributed by atoms with van der Waals surface area (Å²) in [6, 6.07) is 16.3. The third-order valence-electron chi connectivity index (χ3n) is 7.24. The maximum atomic E-state index is 13.4. The monoisotopic (exact) mass is 530 g/mol. The summed E-state index contributed by atoms with van der Waals surface area (Å²) in [4.78, 5) is 30.7. The minimum Gasteiger partial charge on any atom is -0.507 e. The minimum absolute atomic E-state index is 0.0841. The number of ether oxygens (including phenoxy) is 1. The lowest BCUT2D eigenvalue weighted by atomic mass is 9.95. The van der Waals surface area contributed by atoms with Gasteiger partial charge in [0.1, 0.15) is 11.5 Å². The lowest BCUT2D eigenvalue weighted by Crippen LogP contribution is -2.33. The second-order valence-corrected chi connectivity index (χ2v) is 9.68. The number of para-hydroxylation sites is 1. The van der Waals surface area contributed by atoms with Gasteiger partial charge in [-0.05, 0) is 69.2 Å². The van der Waals surface area contributed by atoms with E-state index in [1.807, 2.05) is 68.4 Å². The number of hydrogen-bond donors (Lipinski definition) is 1. The van der Waals surface area contributed by atoms with Crippen LogP contribution in [0, 0.1) is 6.92 Å². The Morgan fingerprint density at radius 2 is 1.72 bits per heavy atom. The van der Waals surface area contributed by atoms with E-state index in [9.17, 15) is 14.7 Å². The number of aromatic nitrogens is 2. The van der Waals surface area contributed by atoms with E-state index in [1.54, 1.807) is 15.8 Å². The molecule has 2 aromatic carbocycles. The molecule has 3 aromatic rings. The number of ketones is 1. The van der Waals surface area contributed by atoms with Crippen molar-refractivity contribution in [2.24, 2.45) is 0 Å². The number of amides is 1. The topological polar surface area (TPSA) is 87.9 Å². The standard InChI is InChI=1S/C31H38N4O4/c1-5-20-39-25-16-14-23(15-17-25)28-27(30(37)31(38)34(28)19-11-18-33(6-2)7-3)29(36)26-21-32-35(22(26)4)24-12-9-8-10-13-24/h8-10,12-17,21,28,36H,5-7,11,18-20H2,1-4H3. The molecule has 1 fully saturated rings. The third kappa shape index (κ3) is 5.91. The molecule has 1 saturated heterocycles. The largest absolute Gasteiger partial charge is 0.507 e. The minimum atomic E-state index is -0.707. The molecule has 4 rings (SSSR count). The molecule has 8 nitrogen and oxygen atoms in total. The number of rotatable bonds is 12. The van der Waals surface area contributed by atoms with Gasteiger partial charge in [-0.15, -0.1) is 0 Å². The van der Waals surface area contributed by atoms with Crippen LogP contribution in [0.2, 0.25) is 0 Å². The number of benzene rings is 2. The maximum Gasteiger partial charge on any atom is 0.295 e. The second kappa shape index (κ2) is 12.8. The zero-order chi connectivity index (χ0) is 27.9. The summed E-state index contributed by atoms with van der Waals surface area (Å²) >= 11 is 0. The van der Waals surface area contributed by atoms with Gasteiger partial charge in [-0.25, -0.2) is 4.68 Å². The number of likely N-dealkylation sites (tertiary alicyclic amines) is 1. The number of carbonyl (C=O) groups is 2. The number of aliphatic hydroxyl groups is 1. The van der Waals surface area contributed by atoms with Gasteiger partial charge < -0.3 is 19.6 Å². The zero-order valence-electron chi connectivity index (χ0n) is 23.3. The highest BCUT2D eigenvalue weighted by atomic mass is 16.5. The van der Waals surface area contributed by atoms with Gasteiger partial charge in [0, 0.05) is 6.54 Å². The summed E-state index contributed by atoms with van der Waals surface area (Å²) < 4.78 is 7.45. The maximum absolute atomic E-state index is 13.4. The lowest BCUT2D eigenvalue weighted by Gasteiger charge is -2.27. The Morgan fingerprint density at radius 1 is 1.03 bits per heavy atom. The number of nitrogens with zero attached hydrogens (tertiary/aromatic N) is 4. The molecule has 206 valence electrons. The lowest BCUT2D eigenvalue weighted by molar-refractivity contribution is -0.140. The van der Waals surface area contributed by atoms with Crippen LogP contribution >= 0.6 is 0 Å². The fourth-order valence-corrected chi connectivity index (χ4v) is 5.04. The summed E-state index contributed by atoms with van der Waals surface area (Å²) in [5.74, 6) is -0.770. The third-order valence-corrected chi connectivity index (χ3v) is 7.24. The van der Waals surface area contributed by atoms with Gasteiger partial charge >= 0.3 is 0 Å². The van der Waals surface area contributed by atoms with E-state index >= 15 is 0 Å². The molecule has 2 heterocycles. The van der Waals surface area contributed by atoms with Crippen molar-refractivity contribution in [3.63, 3.8) is 0 Å². The fourth-order valence-electron chi connectivity index (χ4n) is 5.04. The Morgan fingerprint density at radius 3 is 2.36 bits per heavy atom. The smallest absolute Gasteiger partial charge is 0.295 e. The van der Waals surface area contributed by atoms with E-state index in [2.05, 4.69) is 23.8 Å². The molecule has 0 spiro atoms. The van der Waals surface area contributed by atoms with E-state index in [4.69, 9.17) is 4.74 Å². The summed E-state index contributed by atoms with van der Waals surface area (Å²) in [6.45, 7) is 11.8. The number of Topliss-reactive ketones (excluding diaryl/α,β-unsaturated/α-hetero) is 1. The summed E-state index contributed by atoms with van der Waals surface area (Å²) in [6.07, 6.45) is 3.16. The Kier molecular flexibility index (Phi) is 9.19. The first kappa shape index (κ1) is 28.1. The van der Waals surface area contributed by atoms with Crippen LogP contribution in [-0.4, -0.2) is 69.2 Å². The van der Waals surface area contributed by atoms with E-state index < -0.39 is 17.7 Å². The second-order valence-electron chi connectivity index (χ2n) is 9.68. The van der Waals surface area contributed by atoms with E-state index in [1.165, 1.54) is 0 Å². The van der Waals surface area contributed by atoms with Gasteiger partial charge in [-0.2, -0.15) is 5.10 Å². The van der Waals surface area contributed by atoms with Crippen LogP contribution in [-0.2, 0) is 9.59 Å². The van der Waals surface area contributed by atoms with Gasteiger partial charge in [-0.1, -0.05) is 51.1 Å². The molecule has 8 heteroatoms. The van der Waals surface area contributed by atoms with Crippen molar-refractivity contribution < 1.29 is 19.4 Å². The highest BCUT2D eigenvalue weighted by Crippen LogP contribution is 2.40. The molecule has 1 atom stereocenters. The first-order chi connectivity index (χ1) is 18.9. The van der Waals surface area contributed by atoms with Crippen molar-refractivity contribution in [1.29, 1.82) is 0 Å². The van der Waals surface area contributed by atoms with E-state index in [0.717, 1.165) is 43.1 Å². The van der Waals surface area contributed by atoms with Gasteiger partial charge in [0.2, 0.25) is 0 Å². The Hall–Kier alpha value is -3.91. The average molecular weight is 531 g/mol. The Bertz CT molecular complexity index is 1310. The van der Waals surface area contributed by atoms with Gasteiger partial charge in [0.25, 0.3) is 11.7 Å². The molecular weight excluding hydrogens is 492 g/mol. The van der Waals surface area contributed by atoms with Gasteiger partial charge in [0.05, 0.1) is 41.4 Å². The van der Waals surface area contributed by atoms with Crippen molar-refractivity contribution in [3.8, 4) is 11.4 Å². The molecule has 0 bridgehead atoms. The molecule has 1 amide bonds. The molecule has 1 aromatic heterocycles. The number of hydrogen-bond acceptors (Lipinski definition) is 6. The SMILES string of the molecule is CCCOc1ccc(C2C(=C(O)c3cnn(-c4ccccc4)c3C)C(=O)C(=O)N2CCCN(CC)CC)cc1.